The number of halogens is 3. The Labute approximate surface area is 109 Å². The van der Waals surface area contributed by atoms with Crippen LogP contribution in [-0.2, 0) is 4.74 Å². The lowest BCUT2D eigenvalue weighted by Gasteiger charge is -2.40. The fraction of sp³-hybridized carbons (Fsp3) is 0.909. The van der Waals surface area contributed by atoms with E-state index in [1.54, 1.807) is 20.8 Å². The van der Waals surface area contributed by atoms with Gasteiger partial charge in [0.1, 0.15) is 5.60 Å². The number of carbonyl (C=O) groups excluding carboxylic acids is 1. The Hall–Kier alpha value is -1.02. The van der Waals surface area contributed by atoms with Crippen molar-refractivity contribution >= 4 is 6.09 Å². The summed E-state index contributed by atoms with van der Waals surface area (Å²) in [5.41, 5.74) is -0.595. The quantitative estimate of drug-likeness (QED) is 0.815. The largest absolute Gasteiger partial charge is 0.444 e. The van der Waals surface area contributed by atoms with Crippen molar-refractivity contribution in [3.8, 4) is 0 Å². The second kappa shape index (κ2) is 5.54. The molecule has 8 heteroatoms. The van der Waals surface area contributed by atoms with E-state index in [2.05, 4.69) is 5.32 Å². The molecule has 2 N–H and O–H groups in total. The number of aliphatic hydroxyl groups excluding tert-OH is 1. The number of alkyl halides is 3. The first-order valence-corrected chi connectivity index (χ1v) is 5.95. The molecule has 5 nitrogen and oxygen atoms in total. The van der Waals surface area contributed by atoms with Gasteiger partial charge in [0.25, 0.3) is 0 Å². The summed E-state index contributed by atoms with van der Waals surface area (Å²) in [7, 11) is 0. The number of likely N-dealkylation sites (tertiary alicyclic amines) is 1. The highest BCUT2D eigenvalue weighted by molar-refractivity contribution is 5.69. The summed E-state index contributed by atoms with van der Waals surface area (Å²) in [6.07, 6.45) is -7.49. The number of rotatable bonds is 3. The second-order valence-electron chi connectivity index (χ2n) is 5.55. The monoisotopic (exact) mass is 284 g/mol. The van der Waals surface area contributed by atoms with Gasteiger partial charge in [-0.15, -0.1) is 0 Å². The number of nitrogens with zero attached hydrogens (tertiary/aromatic N) is 1. The van der Waals surface area contributed by atoms with E-state index >= 15 is 0 Å². The Morgan fingerprint density at radius 2 is 1.95 bits per heavy atom. The Morgan fingerprint density at radius 1 is 1.42 bits per heavy atom. The molecular weight excluding hydrogens is 265 g/mol. The molecule has 0 aliphatic carbocycles. The molecule has 0 radical (unpaired) electrons. The molecule has 1 saturated heterocycles. The molecule has 1 aliphatic heterocycles. The second-order valence-corrected chi connectivity index (χ2v) is 5.55. The molecule has 112 valence electrons. The highest BCUT2D eigenvalue weighted by atomic mass is 19.4. The van der Waals surface area contributed by atoms with E-state index in [4.69, 9.17) is 9.84 Å². The van der Waals surface area contributed by atoms with Crippen molar-refractivity contribution in [1.29, 1.82) is 0 Å². The average Bonchev–Trinajstić information content (AvgIpc) is 2.09. The summed E-state index contributed by atoms with van der Waals surface area (Å²) >= 11 is 0. The van der Waals surface area contributed by atoms with Crippen molar-refractivity contribution in [3.05, 3.63) is 0 Å². The third-order valence-electron chi connectivity index (χ3n) is 2.51. The van der Waals surface area contributed by atoms with Crippen LogP contribution >= 0.6 is 0 Å². The van der Waals surface area contributed by atoms with Crippen LogP contribution in [0.25, 0.3) is 0 Å². The van der Waals surface area contributed by atoms with Gasteiger partial charge in [-0.1, -0.05) is 0 Å². The molecule has 0 aromatic heterocycles. The molecule has 1 rings (SSSR count). The molecule has 19 heavy (non-hydrogen) atoms. The summed E-state index contributed by atoms with van der Waals surface area (Å²) in [6, 6.07) is -0.246. The van der Waals surface area contributed by atoms with Gasteiger partial charge in [0, 0.05) is 25.7 Å². The molecule has 1 atom stereocenters. The molecule has 1 amide bonds. The Morgan fingerprint density at radius 3 is 2.37 bits per heavy atom. The highest BCUT2D eigenvalue weighted by Crippen LogP contribution is 2.20. The molecule has 1 unspecified atom stereocenters. The van der Waals surface area contributed by atoms with Gasteiger partial charge in [-0.05, 0) is 20.8 Å². The third-order valence-corrected chi connectivity index (χ3v) is 2.51. The van der Waals surface area contributed by atoms with Gasteiger partial charge in [-0.3, -0.25) is 0 Å². The maximum absolute atomic E-state index is 12.0. The topological polar surface area (TPSA) is 61.8 Å². The number of carbonyl (C=O) groups is 1. The standard InChI is InChI=1S/C11H19F3N2O3/c1-10(2,3)19-9(18)16-5-7(6-16)15-4-8(17)11(12,13)14/h7-8,15,17H,4-6H2,1-3H3. The molecule has 0 aromatic rings. The molecule has 1 aliphatic rings. The Bertz CT molecular complexity index is 322. The lowest BCUT2D eigenvalue weighted by Crippen LogP contribution is -2.61. The van der Waals surface area contributed by atoms with E-state index in [-0.39, 0.29) is 19.1 Å². The first-order chi connectivity index (χ1) is 8.49. The van der Waals surface area contributed by atoms with E-state index in [1.807, 2.05) is 0 Å². The van der Waals surface area contributed by atoms with Crippen LogP contribution in [0, 0.1) is 0 Å². The third kappa shape index (κ3) is 5.23. The molecule has 0 spiro atoms. The number of aliphatic hydroxyl groups is 1. The van der Waals surface area contributed by atoms with Gasteiger partial charge in [-0.2, -0.15) is 13.2 Å². The van der Waals surface area contributed by atoms with E-state index in [1.165, 1.54) is 4.90 Å². The Kier molecular flexibility index (Phi) is 4.67. The number of amides is 1. The van der Waals surface area contributed by atoms with Crippen LogP contribution in [-0.4, -0.2) is 59.7 Å². The van der Waals surface area contributed by atoms with E-state index in [9.17, 15) is 18.0 Å². The summed E-state index contributed by atoms with van der Waals surface area (Å²) in [5.74, 6) is 0. The fourth-order valence-electron chi connectivity index (χ4n) is 1.48. The van der Waals surface area contributed by atoms with Gasteiger partial charge < -0.3 is 20.1 Å². The number of nitrogens with one attached hydrogen (secondary N) is 1. The minimum atomic E-state index is -4.62. The van der Waals surface area contributed by atoms with Crippen molar-refractivity contribution in [1.82, 2.24) is 10.2 Å². The number of hydrogen-bond donors (Lipinski definition) is 2. The summed E-state index contributed by atoms with van der Waals surface area (Å²) in [4.78, 5) is 12.9. The van der Waals surface area contributed by atoms with Gasteiger partial charge in [0.05, 0.1) is 0 Å². The molecule has 1 fully saturated rings. The lowest BCUT2D eigenvalue weighted by molar-refractivity contribution is -0.202. The first kappa shape index (κ1) is 16.0. The molecular formula is C11H19F3N2O3. The van der Waals surface area contributed by atoms with E-state index in [0.29, 0.717) is 0 Å². The van der Waals surface area contributed by atoms with Crippen LogP contribution in [0.15, 0.2) is 0 Å². The molecule has 0 saturated carbocycles. The van der Waals surface area contributed by atoms with Crippen LogP contribution in [0.2, 0.25) is 0 Å². The lowest BCUT2D eigenvalue weighted by atomic mass is 10.1. The predicted octanol–water partition coefficient (Wildman–Crippen LogP) is 1.12. The Balaban J connectivity index is 2.22. The van der Waals surface area contributed by atoms with E-state index < -0.39 is 30.5 Å². The summed E-state index contributed by atoms with van der Waals surface area (Å²) < 4.78 is 41.2. The van der Waals surface area contributed by atoms with Crippen LogP contribution in [0.1, 0.15) is 20.8 Å². The van der Waals surface area contributed by atoms with Crippen molar-refractivity contribution in [2.24, 2.45) is 0 Å². The van der Waals surface area contributed by atoms with Gasteiger partial charge in [0.15, 0.2) is 6.10 Å². The van der Waals surface area contributed by atoms with Crippen LogP contribution in [0.5, 0.6) is 0 Å². The SMILES string of the molecule is CC(C)(C)OC(=O)N1CC(NCC(O)C(F)(F)F)C1. The van der Waals surface area contributed by atoms with Gasteiger partial charge in [-0.25, -0.2) is 4.79 Å². The van der Waals surface area contributed by atoms with Crippen molar-refractivity contribution in [3.63, 3.8) is 0 Å². The van der Waals surface area contributed by atoms with Crippen molar-refractivity contribution < 1.29 is 27.8 Å². The highest BCUT2D eigenvalue weighted by Gasteiger charge is 2.40. The first-order valence-electron chi connectivity index (χ1n) is 5.95. The number of hydrogen-bond acceptors (Lipinski definition) is 4. The normalized spacial score (nSPS) is 19.0. The maximum atomic E-state index is 12.0. The number of ether oxygens (including phenoxy) is 1. The molecule has 0 bridgehead atoms. The predicted molar refractivity (Wildman–Crippen MR) is 61.7 cm³/mol. The van der Waals surface area contributed by atoms with Crippen LogP contribution in [0.3, 0.4) is 0 Å². The smallest absolute Gasteiger partial charge is 0.415 e. The fourth-order valence-corrected chi connectivity index (χ4v) is 1.48. The minimum Gasteiger partial charge on any atom is -0.444 e. The zero-order chi connectivity index (χ0) is 14.8. The van der Waals surface area contributed by atoms with Crippen LogP contribution in [0.4, 0.5) is 18.0 Å². The van der Waals surface area contributed by atoms with E-state index in [0.717, 1.165) is 0 Å². The van der Waals surface area contributed by atoms with Gasteiger partial charge >= 0.3 is 12.3 Å². The maximum Gasteiger partial charge on any atom is 0.415 e. The van der Waals surface area contributed by atoms with Crippen molar-refractivity contribution in [2.45, 2.75) is 44.7 Å². The minimum absolute atomic E-state index is 0.246. The zero-order valence-electron chi connectivity index (χ0n) is 11.1. The average molecular weight is 284 g/mol. The van der Waals surface area contributed by atoms with Gasteiger partial charge in [0.2, 0.25) is 0 Å². The zero-order valence-corrected chi connectivity index (χ0v) is 11.1. The van der Waals surface area contributed by atoms with Crippen LogP contribution < -0.4 is 5.32 Å². The molecule has 1 heterocycles. The van der Waals surface area contributed by atoms with Crippen molar-refractivity contribution in [2.75, 3.05) is 19.6 Å². The summed E-state index contributed by atoms with van der Waals surface area (Å²) in [5, 5.41) is 11.3. The molecule has 0 aromatic carbocycles. The summed E-state index contributed by atoms with van der Waals surface area (Å²) in [6.45, 7) is 5.19.